The fourth-order valence-electron chi connectivity index (χ4n) is 5.18. The fraction of sp³-hybridized carbons (Fsp3) is 0.296. The van der Waals surface area contributed by atoms with Gasteiger partial charge in [0.2, 0.25) is 10.0 Å². The maximum absolute atomic E-state index is 13.6. The van der Waals surface area contributed by atoms with Gasteiger partial charge in [-0.15, -0.1) is 0 Å². The lowest BCUT2D eigenvalue weighted by Gasteiger charge is -2.36. The van der Waals surface area contributed by atoms with Crippen LogP contribution >= 0.6 is 0 Å². The van der Waals surface area contributed by atoms with Gasteiger partial charge in [0, 0.05) is 12.6 Å². The van der Waals surface area contributed by atoms with Gasteiger partial charge >= 0.3 is 16.4 Å². The Labute approximate surface area is 235 Å². The van der Waals surface area contributed by atoms with Gasteiger partial charge in [-0.05, 0) is 72.4 Å². The number of anilines is 1. The number of aromatic hydroxyl groups is 1. The van der Waals surface area contributed by atoms with Gasteiger partial charge in [0.1, 0.15) is 12.0 Å². The highest BCUT2D eigenvalue weighted by atomic mass is 32.2. The van der Waals surface area contributed by atoms with Crippen molar-refractivity contribution in [1.82, 2.24) is 9.03 Å². The summed E-state index contributed by atoms with van der Waals surface area (Å²) in [6, 6.07) is 13.7. The van der Waals surface area contributed by atoms with E-state index in [-0.39, 0.29) is 29.4 Å². The number of benzene rings is 3. The normalized spacial score (nSPS) is 21.0. The highest BCUT2D eigenvalue weighted by Crippen LogP contribution is 2.35. The van der Waals surface area contributed by atoms with E-state index >= 15 is 0 Å². The Balaban J connectivity index is 1.39. The summed E-state index contributed by atoms with van der Waals surface area (Å²) in [7, 11) is -8.16. The third-order valence-electron chi connectivity index (χ3n) is 7.29. The summed E-state index contributed by atoms with van der Waals surface area (Å²) < 4.78 is 95.5. The lowest BCUT2D eigenvalue weighted by atomic mass is 9.92. The molecule has 2 unspecified atom stereocenters. The van der Waals surface area contributed by atoms with Crippen molar-refractivity contribution in [2.75, 3.05) is 10.8 Å². The van der Waals surface area contributed by atoms with E-state index in [1.165, 1.54) is 16.4 Å². The number of aldehydes is 1. The number of sulfonamides is 1. The molecule has 3 aromatic carbocycles. The van der Waals surface area contributed by atoms with Crippen molar-refractivity contribution >= 4 is 32.2 Å². The molecule has 5 rings (SSSR count). The number of carbonyl (C=O) groups is 1. The number of phenolic OH excluding ortho intramolecular Hbond substituents is 1. The van der Waals surface area contributed by atoms with E-state index in [9.17, 15) is 39.9 Å². The van der Waals surface area contributed by atoms with Gasteiger partial charge in [-0.3, -0.25) is 4.31 Å². The van der Waals surface area contributed by atoms with Gasteiger partial charge < -0.3 is 9.90 Å². The molecule has 0 aliphatic carbocycles. The molecule has 41 heavy (non-hydrogen) atoms. The van der Waals surface area contributed by atoms with Crippen molar-refractivity contribution < 1.29 is 39.9 Å². The van der Waals surface area contributed by atoms with Crippen molar-refractivity contribution in [3.8, 4) is 5.75 Å². The number of phenols is 1. The van der Waals surface area contributed by atoms with E-state index in [2.05, 4.69) is 4.72 Å². The number of fused-ring (bicyclic) bond motifs is 1. The third kappa shape index (κ3) is 5.82. The topological polar surface area (TPSA) is 124 Å². The molecule has 2 heterocycles. The molecule has 0 radical (unpaired) electrons. The van der Waals surface area contributed by atoms with Crippen LogP contribution in [0.25, 0.3) is 0 Å². The summed E-state index contributed by atoms with van der Waals surface area (Å²) in [6.45, 7) is -0.122. The van der Waals surface area contributed by atoms with Crippen LogP contribution in [0.2, 0.25) is 0 Å². The van der Waals surface area contributed by atoms with Crippen LogP contribution in [0, 0.1) is 0 Å². The van der Waals surface area contributed by atoms with E-state index in [1.54, 1.807) is 12.1 Å². The highest BCUT2D eigenvalue weighted by Gasteiger charge is 2.38. The fourth-order valence-corrected chi connectivity index (χ4v) is 8.22. The van der Waals surface area contributed by atoms with Crippen LogP contribution < -0.4 is 9.03 Å². The number of halogens is 3. The van der Waals surface area contributed by atoms with Crippen molar-refractivity contribution in [3.05, 3.63) is 89.0 Å². The lowest BCUT2D eigenvalue weighted by Crippen LogP contribution is -2.44. The van der Waals surface area contributed by atoms with Gasteiger partial charge in [-0.1, -0.05) is 30.3 Å². The van der Waals surface area contributed by atoms with Crippen molar-refractivity contribution in [3.63, 3.8) is 0 Å². The summed E-state index contributed by atoms with van der Waals surface area (Å²) in [5, 5.41) is 10.6. The Morgan fingerprint density at radius 2 is 1.71 bits per heavy atom. The van der Waals surface area contributed by atoms with E-state index in [0.717, 1.165) is 39.7 Å². The first-order chi connectivity index (χ1) is 19.3. The molecule has 0 amide bonds. The predicted octanol–water partition coefficient (Wildman–Crippen LogP) is 3.38. The first kappa shape index (κ1) is 29.0. The second kappa shape index (κ2) is 10.7. The van der Waals surface area contributed by atoms with Gasteiger partial charge in [-0.25, -0.2) is 8.42 Å². The molecule has 2 atom stereocenters. The molecule has 2 aliphatic heterocycles. The number of nitrogens with zero attached hydrogens (tertiary/aromatic N) is 2. The SMILES string of the molecule is O=CC1CN(c2ccc(CCC3Cc4ccccc4CN3S(=O)(=O)c3ccc(C(F)(F)F)cc3)cc2O)S(=O)(=O)N1. The molecule has 1 saturated heterocycles. The van der Waals surface area contributed by atoms with Gasteiger partial charge in [0.05, 0.1) is 28.7 Å². The summed E-state index contributed by atoms with van der Waals surface area (Å²) in [5.41, 5.74) is 1.44. The van der Waals surface area contributed by atoms with Gasteiger partial charge in [0.15, 0.2) is 0 Å². The summed E-state index contributed by atoms with van der Waals surface area (Å²) in [6.07, 6.45) is -3.10. The van der Waals surface area contributed by atoms with Crippen molar-refractivity contribution in [2.45, 2.75) is 49.0 Å². The van der Waals surface area contributed by atoms with E-state index in [4.69, 9.17) is 0 Å². The Bertz CT molecular complexity index is 1680. The molecule has 2 aliphatic rings. The van der Waals surface area contributed by atoms with Crippen LogP contribution in [0.4, 0.5) is 18.9 Å². The van der Waals surface area contributed by atoms with Gasteiger partial charge in [0.25, 0.3) is 0 Å². The van der Waals surface area contributed by atoms with Crippen LogP contribution in [0.3, 0.4) is 0 Å². The summed E-state index contributed by atoms with van der Waals surface area (Å²) in [4.78, 5) is 10.8. The lowest BCUT2D eigenvalue weighted by molar-refractivity contribution is -0.137. The molecule has 1 fully saturated rings. The molecule has 2 N–H and O–H groups in total. The molecule has 0 saturated carbocycles. The molecule has 218 valence electrons. The van der Waals surface area contributed by atoms with Crippen LogP contribution in [-0.2, 0) is 50.6 Å². The quantitative estimate of drug-likeness (QED) is 0.396. The Hall–Kier alpha value is -3.46. The number of alkyl halides is 3. The minimum Gasteiger partial charge on any atom is -0.506 e. The summed E-state index contributed by atoms with van der Waals surface area (Å²) in [5.74, 6) is -0.317. The van der Waals surface area contributed by atoms with E-state index in [1.807, 2.05) is 18.2 Å². The largest absolute Gasteiger partial charge is 0.506 e. The Morgan fingerprint density at radius 1 is 1.02 bits per heavy atom. The van der Waals surface area contributed by atoms with Crippen molar-refractivity contribution in [2.24, 2.45) is 0 Å². The zero-order valence-corrected chi connectivity index (χ0v) is 23.1. The second-order valence-electron chi connectivity index (χ2n) is 9.96. The number of hydrogen-bond acceptors (Lipinski definition) is 6. The molecule has 0 bridgehead atoms. The summed E-state index contributed by atoms with van der Waals surface area (Å²) >= 11 is 0. The van der Waals surface area contributed by atoms with Gasteiger partial charge in [-0.2, -0.15) is 30.6 Å². The Morgan fingerprint density at radius 3 is 2.32 bits per heavy atom. The van der Waals surface area contributed by atoms with Crippen LogP contribution in [0.5, 0.6) is 5.75 Å². The minimum absolute atomic E-state index is 0.00343. The minimum atomic E-state index is -4.60. The molecule has 9 nitrogen and oxygen atoms in total. The smallest absolute Gasteiger partial charge is 0.416 e. The van der Waals surface area contributed by atoms with Crippen LogP contribution in [0.15, 0.2) is 71.6 Å². The zero-order chi connectivity index (χ0) is 29.6. The van der Waals surface area contributed by atoms with E-state index < -0.39 is 44.1 Å². The van der Waals surface area contributed by atoms with Crippen LogP contribution in [-0.4, -0.2) is 51.2 Å². The maximum atomic E-state index is 13.6. The molecule has 0 aromatic heterocycles. The number of hydrogen-bond donors (Lipinski definition) is 2. The number of aryl methyl sites for hydroxylation is 1. The molecular weight excluding hydrogens is 583 g/mol. The number of nitrogens with one attached hydrogen (secondary N) is 1. The Kier molecular flexibility index (Phi) is 7.61. The molecule has 14 heteroatoms. The monoisotopic (exact) mass is 609 g/mol. The number of rotatable bonds is 7. The highest BCUT2D eigenvalue weighted by molar-refractivity contribution is 7.91. The average Bonchev–Trinajstić information content (AvgIpc) is 3.24. The van der Waals surface area contributed by atoms with E-state index in [0.29, 0.717) is 31.1 Å². The standard InChI is InChI=1S/C27H26F3N3O6S2/c28-27(29,30)21-7-10-24(11-8-21)40(36,37)32-15-20-4-2-1-3-19(20)14-23(32)9-5-18-6-12-25(26(35)13-18)33-16-22(17-34)31-41(33,38)39/h1-4,6-8,10-13,17,22-23,31,35H,5,9,14-16H2. The second-order valence-corrected chi connectivity index (χ2v) is 13.5. The molecule has 0 spiro atoms. The van der Waals surface area contributed by atoms with Crippen LogP contribution in [0.1, 0.15) is 28.7 Å². The first-order valence-electron chi connectivity index (χ1n) is 12.6. The third-order valence-corrected chi connectivity index (χ3v) is 10.7. The number of carbonyl (C=O) groups excluding carboxylic acids is 1. The average molecular weight is 610 g/mol. The zero-order valence-electron chi connectivity index (χ0n) is 21.5. The first-order valence-corrected chi connectivity index (χ1v) is 15.5. The van der Waals surface area contributed by atoms with Crippen molar-refractivity contribution in [1.29, 1.82) is 0 Å². The maximum Gasteiger partial charge on any atom is 0.416 e. The molecular formula is C27H26F3N3O6S2. The predicted molar refractivity (Wildman–Crippen MR) is 144 cm³/mol. The molecule has 3 aromatic rings.